The van der Waals surface area contributed by atoms with E-state index in [0.717, 1.165) is 31.6 Å². The molecule has 8 heteroatoms. The van der Waals surface area contributed by atoms with Crippen molar-refractivity contribution < 1.29 is 13.9 Å². The first kappa shape index (κ1) is 17.5. The largest absolute Gasteiger partial charge is 0.480 e. The molecule has 1 N–H and O–H groups in total. The first-order valence-corrected chi connectivity index (χ1v) is 10.1. The molecule has 2 aliphatic carbocycles. The highest BCUT2D eigenvalue weighted by atomic mass is 16.5. The minimum Gasteiger partial charge on any atom is -0.480 e. The van der Waals surface area contributed by atoms with Crippen LogP contribution in [-0.2, 0) is 4.79 Å². The van der Waals surface area contributed by atoms with Crippen LogP contribution in [0.3, 0.4) is 0 Å². The number of amides is 1. The number of hydrogen-bond donors (Lipinski definition) is 1. The lowest BCUT2D eigenvalue weighted by Gasteiger charge is -2.32. The summed E-state index contributed by atoms with van der Waals surface area (Å²) in [5.41, 5.74) is 2.26. The fraction of sp³-hybridized carbons (Fsp3) is 0.600. The maximum Gasteiger partial charge on any atom is 0.316 e. The van der Waals surface area contributed by atoms with E-state index in [9.17, 15) is 4.79 Å². The summed E-state index contributed by atoms with van der Waals surface area (Å²) in [5, 5.41) is 11.0. The lowest BCUT2D eigenvalue weighted by molar-refractivity contribution is -0.130. The summed E-state index contributed by atoms with van der Waals surface area (Å²) in [6, 6.07) is 4.12. The molecule has 0 bridgehead atoms. The molecule has 5 rings (SSSR count). The van der Waals surface area contributed by atoms with Gasteiger partial charge in [-0.25, -0.2) is 4.98 Å². The molecule has 2 aromatic rings. The third-order valence-corrected chi connectivity index (χ3v) is 6.25. The fourth-order valence-corrected chi connectivity index (χ4v) is 3.95. The highest BCUT2D eigenvalue weighted by Gasteiger charge is 2.45. The van der Waals surface area contributed by atoms with Gasteiger partial charge in [-0.1, -0.05) is 5.10 Å². The molecule has 1 spiro atoms. The van der Waals surface area contributed by atoms with Gasteiger partial charge in [-0.15, -0.1) is 5.10 Å². The molecule has 1 saturated heterocycles. The van der Waals surface area contributed by atoms with Crippen molar-refractivity contribution in [2.45, 2.75) is 44.4 Å². The molecule has 2 saturated carbocycles. The molecular weight excluding hydrogens is 358 g/mol. The number of hydrogen-bond acceptors (Lipinski definition) is 7. The van der Waals surface area contributed by atoms with Crippen LogP contribution in [0.15, 0.2) is 16.5 Å². The van der Waals surface area contributed by atoms with Gasteiger partial charge in [-0.05, 0) is 56.1 Å². The summed E-state index contributed by atoms with van der Waals surface area (Å²) in [6.45, 7) is 1.86. The van der Waals surface area contributed by atoms with Crippen LogP contribution in [0, 0.1) is 5.41 Å². The molecule has 0 atom stereocenters. The van der Waals surface area contributed by atoms with Crippen LogP contribution < -0.4 is 10.1 Å². The third kappa shape index (κ3) is 3.43. The van der Waals surface area contributed by atoms with Gasteiger partial charge < -0.3 is 19.4 Å². The molecule has 8 nitrogen and oxygen atoms in total. The Balaban J connectivity index is 1.21. The van der Waals surface area contributed by atoms with Crippen LogP contribution in [0.1, 0.15) is 50.1 Å². The number of carbonyl (C=O) groups is 1. The lowest BCUT2D eigenvalue weighted by atomic mass is 9.94. The normalized spacial score (nSPS) is 20.2. The van der Waals surface area contributed by atoms with Crippen LogP contribution in [0.25, 0.3) is 11.5 Å². The number of anilines is 1. The lowest BCUT2D eigenvalue weighted by Crippen LogP contribution is -2.41. The van der Waals surface area contributed by atoms with E-state index in [1.807, 2.05) is 17.0 Å². The molecule has 0 radical (unpaired) electrons. The van der Waals surface area contributed by atoms with Crippen molar-refractivity contribution in [3.63, 3.8) is 0 Å². The van der Waals surface area contributed by atoms with E-state index in [4.69, 9.17) is 9.15 Å². The Bertz CT molecular complexity index is 878. The first-order chi connectivity index (χ1) is 13.7. The van der Waals surface area contributed by atoms with E-state index < -0.39 is 0 Å². The number of ether oxygens (including phenoxy) is 1. The number of pyridine rings is 1. The molecule has 148 valence electrons. The minimum atomic E-state index is 0.0725. The van der Waals surface area contributed by atoms with Gasteiger partial charge in [0, 0.05) is 24.7 Å². The van der Waals surface area contributed by atoms with E-state index in [-0.39, 0.29) is 18.5 Å². The number of nitrogens with one attached hydrogen (secondary N) is 1. The highest BCUT2D eigenvalue weighted by Crippen LogP contribution is 2.53. The Morgan fingerprint density at radius 3 is 2.71 bits per heavy atom. The summed E-state index contributed by atoms with van der Waals surface area (Å²) in [6.07, 6.45) is 7.28. The second-order valence-corrected chi connectivity index (χ2v) is 8.21. The molecule has 3 fully saturated rings. The highest BCUT2D eigenvalue weighted by molar-refractivity contribution is 5.80. The van der Waals surface area contributed by atoms with Gasteiger partial charge >= 0.3 is 6.01 Å². The van der Waals surface area contributed by atoms with E-state index in [0.29, 0.717) is 28.7 Å². The average molecular weight is 383 g/mol. The van der Waals surface area contributed by atoms with Crippen LogP contribution in [0.4, 0.5) is 6.01 Å². The zero-order valence-corrected chi connectivity index (χ0v) is 16.1. The summed E-state index contributed by atoms with van der Waals surface area (Å²) in [4.78, 5) is 18.9. The molecule has 1 aliphatic heterocycles. The maximum atomic E-state index is 12.4. The monoisotopic (exact) mass is 383 g/mol. The van der Waals surface area contributed by atoms with Gasteiger partial charge in [-0.3, -0.25) is 4.79 Å². The molecule has 0 aromatic carbocycles. The summed E-state index contributed by atoms with van der Waals surface area (Å²) < 4.78 is 11.1. The van der Waals surface area contributed by atoms with E-state index >= 15 is 0 Å². The topological polar surface area (TPSA) is 93.4 Å². The van der Waals surface area contributed by atoms with Gasteiger partial charge in [0.25, 0.3) is 5.89 Å². The molecule has 28 heavy (non-hydrogen) atoms. The van der Waals surface area contributed by atoms with Crippen molar-refractivity contribution in [1.29, 1.82) is 0 Å². The summed E-state index contributed by atoms with van der Waals surface area (Å²) in [7, 11) is 1.58. The predicted octanol–water partition coefficient (Wildman–Crippen LogP) is 2.83. The van der Waals surface area contributed by atoms with Crippen molar-refractivity contribution in [2.75, 3.05) is 32.1 Å². The van der Waals surface area contributed by atoms with Gasteiger partial charge in [0.15, 0.2) is 0 Å². The van der Waals surface area contributed by atoms with Gasteiger partial charge in [0.05, 0.1) is 13.7 Å². The Kier molecular flexibility index (Phi) is 4.21. The van der Waals surface area contributed by atoms with Crippen molar-refractivity contribution in [3.05, 3.63) is 17.8 Å². The van der Waals surface area contributed by atoms with Gasteiger partial charge in [0.1, 0.15) is 5.56 Å². The summed E-state index contributed by atoms with van der Waals surface area (Å²) in [5.74, 6) is 1.43. The van der Waals surface area contributed by atoms with E-state index in [1.54, 1.807) is 7.11 Å². The van der Waals surface area contributed by atoms with Crippen molar-refractivity contribution in [2.24, 2.45) is 5.41 Å². The van der Waals surface area contributed by atoms with E-state index in [1.165, 1.54) is 25.7 Å². The number of likely N-dealkylation sites (tertiary alicyclic amines) is 1. The molecule has 1 amide bonds. The zero-order chi connectivity index (χ0) is 19.1. The predicted molar refractivity (Wildman–Crippen MR) is 102 cm³/mol. The number of piperidine rings is 1. The van der Waals surface area contributed by atoms with Crippen molar-refractivity contribution in [3.8, 4) is 17.3 Å². The number of rotatable bonds is 6. The number of nitrogens with zero attached hydrogens (tertiary/aromatic N) is 4. The molecule has 0 unspecified atom stereocenters. The van der Waals surface area contributed by atoms with Gasteiger partial charge in [0.2, 0.25) is 11.8 Å². The zero-order valence-electron chi connectivity index (χ0n) is 16.1. The van der Waals surface area contributed by atoms with Crippen molar-refractivity contribution >= 4 is 11.9 Å². The van der Waals surface area contributed by atoms with Crippen LogP contribution in [0.5, 0.6) is 5.88 Å². The molecule has 3 aliphatic rings. The number of aromatic nitrogens is 3. The second kappa shape index (κ2) is 6.76. The Hall–Kier alpha value is -2.64. The standard InChI is InChI=1S/C20H25N5O3/c1-27-17-14(4-5-15(22-17)13-2-3-13)18-23-24-19(28-18)21-12-16(26)25-10-8-20(6-7-20)9-11-25/h4-5,13H,2-3,6-12H2,1H3,(H,21,24). The molecular formula is C20H25N5O3. The van der Waals surface area contributed by atoms with Crippen LogP contribution in [-0.4, -0.2) is 52.7 Å². The summed E-state index contributed by atoms with van der Waals surface area (Å²) >= 11 is 0. The smallest absolute Gasteiger partial charge is 0.316 e. The average Bonchev–Trinajstić information content (AvgIpc) is 3.66. The van der Waals surface area contributed by atoms with Crippen molar-refractivity contribution in [1.82, 2.24) is 20.1 Å². The number of methoxy groups -OCH3 is 1. The van der Waals surface area contributed by atoms with Crippen LogP contribution >= 0.6 is 0 Å². The minimum absolute atomic E-state index is 0.0725. The SMILES string of the molecule is COc1nc(C2CC2)ccc1-c1nnc(NCC(=O)N2CCC3(CC2)CC3)o1. The van der Waals surface area contributed by atoms with Crippen LogP contribution in [0.2, 0.25) is 0 Å². The molecule has 3 heterocycles. The fourth-order valence-electron chi connectivity index (χ4n) is 3.95. The Labute approximate surface area is 163 Å². The molecule has 2 aromatic heterocycles. The Morgan fingerprint density at radius 2 is 2.04 bits per heavy atom. The first-order valence-electron chi connectivity index (χ1n) is 10.1. The third-order valence-electron chi connectivity index (χ3n) is 6.25. The van der Waals surface area contributed by atoms with E-state index in [2.05, 4.69) is 20.5 Å². The quantitative estimate of drug-likeness (QED) is 0.820. The Morgan fingerprint density at radius 1 is 1.25 bits per heavy atom. The number of carbonyl (C=O) groups excluding carboxylic acids is 1. The van der Waals surface area contributed by atoms with Gasteiger partial charge in [-0.2, -0.15) is 0 Å². The maximum absolute atomic E-state index is 12.4. The second-order valence-electron chi connectivity index (χ2n) is 8.21.